The fourth-order valence-electron chi connectivity index (χ4n) is 3.50. The number of carbonyl (C=O) groups is 1. The summed E-state index contributed by atoms with van der Waals surface area (Å²) >= 11 is 0. The van der Waals surface area contributed by atoms with E-state index in [0.717, 1.165) is 52.4 Å². The summed E-state index contributed by atoms with van der Waals surface area (Å²) in [4.78, 5) is 16.9. The van der Waals surface area contributed by atoms with Crippen LogP contribution in [0.5, 0.6) is 0 Å². The van der Waals surface area contributed by atoms with E-state index in [1.54, 1.807) is 6.20 Å². The van der Waals surface area contributed by atoms with E-state index in [1.807, 2.05) is 48.5 Å². The third-order valence-corrected chi connectivity index (χ3v) is 5.36. The fourth-order valence-corrected chi connectivity index (χ4v) is 3.50. The van der Waals surface area contributed by atoms with Crippen molar-refractivity contribution in [1.29, 1.82) is 0 Å². The zero-order valence-corrected chi connectivity index (χ0v) is 16.5. The minimum absolute atomic E-state index is 0.240. The van der Waals surface area contributed by atoms with E-state index >= 15 is 0 Å². The topological polar surface area (TPSA) is 59.8 Å². The summed E-state index contributed by atoms with van der Waals surface area (Å²) in [5.41, 5.74) is 6.04. The van der Waals surface area contributed by atoms with E-state index in [-0.39, 0.29) is 5.78 Å². The number of pyridine rings is 1. The van der Waals surface area contributed by atoms with Crippen molar-refractivity contribution in [2.24, 2.45) is 5.92 Å². The van der Waals surface area contributed by atoms with Gasteiger partial charge in [0, 0.05) is 36.5 Å². The summed E-state index contributed by atoms with van der Waals surface area (Å²) in [7, 11) is 1.92. The number of Topliss-reactive ketones (excluding diaryl/α,β-unsaturated/α-hetero) is 1. The second-order valence-electron chi connectivity index (χ2n) is 7.69. The number of hydrogen-bond acceptors (Lipinski definition) is 4. The number of benzene rings is 1. The number of carbonyl (C=O) groups excluding carboxylic acids is 1. The van der Waals surface area contributed by atoms with Gasteiger partial charge >= 0.3 is 0 Å². The number of nitrogens with one attached hydrogen (secondary N) is 1. The predicted molar refractivity (Wildman–Crippen MR) is 111 cm³/mol. The van der Waals surface area contributed by atoms with Crippen LogP contribution in [0.1, 0.15) is 47.2 Å². The van der Waals surface area contributed by atoms with Crippen LogP contribution >= 0.6 is 0 Å². The van der Waals surface area contributed by atoms with Gasteiger partial charge < -0.3 is 5.32 Å². The summed E-state index contributed by atoms with van der Waals surface area (Å²) in [6.45, 7) is 2.83. The summed E-state index contributed by atoms with van der Waals surface area (Å²) in [6, 6.07) is 8.07. The van der Waals surface area contributed by atoms with Crippen molar-refractivity contribution in [3.05, 3.63) is 65.7 Å². The van der Waals surface area contributed by atoms with E-state index in [0.29, 0.717) is 6.42 Å². The van der Waals surface area contributed by atoms with Crippen LogP contribution in [0.2, 0.25) is 0 Å². The molecule has 5 heteroatoms. The smallest absolute Gasteiger partial charge is 0.162 e. The minimum atomic E-state index is 0.240. The first-order valence-electron chi connectivity index (χ1n) is 9.92. The summed E-state index contributed by atoms with van der Waals surface area (Å²) in [6.07, 6.45) is 11.8. The van der Waals surface area contributed by atoms with Gasteiger partial charge in [0.25, 0.3) is 0 Å². The van der Waals surface area contributed by atoms with Gasteiger partial charge in [0.1, 0.15) is 0 Å². The molecule has 1 saturated carbocycles. The Balaban J connectivity index is 1.58. The van der Waals surface area contributed by atoms with Crippen LogP contribution in [0, 0.1) is 12.8 Å². The molecule has 28 heavy (non-hydrogen) atoms. The first-order chi connectivity index (χ1) is 13.6. The lowest BCUT2D eigenvalue weighted by atomic mass is 9.97. The van der Waals surface area contributed by atoms with Crippen molar-refractivity contribution in [2.75, 3.05) is 7.05 Å². The maximum Gasteiger partial charge on any atom is 0.162 e. The average molecular weight is 374 g/mol. The molecule has 1 N–H and O–H groups in total. The molecule has 0 radical (unpaired) electrons. The molecule has 0 aliphatic heterocycles. The van der Waals surface area contributed by atoms with E-state index in [9.17, 15) is 4.79 Å². The van der Waals surface area contributed by atoms with E-state index in [4.69, 9.17) is 0 Å². The molecule has 144 valence electrons. The molecular weight excluding hydrogens is 348 g/mol. The lowest BCUT2D eigenvalue weighted by Gasteiger charge is -2.07. The highest BCUT2D eigenvalue weighted by Gasteiger charge is 2.22. The van der Waals surface area contributed by atoms with Crippen LogP contribution in [0.4, 0.5) is 0 Å². The van der Waals surface area contributed by atoms with Gasteiger partial charge in [-0.25, -0.2) is 4.68 Å². The SMILES string of the molecule is CNCc1cncc(-n2cc(-c3cc(C(=O)CCC4CC4)ccc3C)cn2)c1. The standard InChI is InChI=1S/C23H26N4O/c1-16-3-7-19(23(28)8-6-17-4-5-17)10-22(16)20-13-26-27(15-20)21-9-18(11-24-2)12-25-14-21/h3,7,9-10,12-15,17,24H,4-6,8,11H2,1-2H3. The van der Waals surface area contributed by atoms with Crippen LogP contribution in [-0.2, 0) is 6.54 Å². The number of hydrogen-bond donors (Lipinski definition) is 1. The van der Waals surface area contributed by atoms with Crippen LogP contribution in [0.15, 0.2) is 49.1 Å². The lowest BCUT2D eigenvalue weighted by Crippen LogP contribution is -2.06. The number of aryl methyl sites for hydroxylation is 1. The minimum Gasteiger partial charge on any atom is -0.316 e. The molecule has 0 spiro atoms. The molecule has 1 aliphatic rings. The van der Waals surface area contributed by atoms with Crippen molar-refractivity contribution in [2.45, 2.75) is 39.2 Å². The molecular formula is C23H26N4O. The Labute approximate surface area is 165 Å². The number of ketones is 1. The van der Waals surface area contributed by atoms with Crippen molar-refractivity contribution in [3.8, 4) is 16.8 Å². The Kier molecular flexibility index (Phi) is 5.35. The summed E-state index contributed by atoms with van der Waals surface area (Å²) in [5.74, 6) is 1.02. The first-order valence-corrected chi connectivity index (χ1v) is 9.92. The van der Waals surface area contributed by atoms with E-state index < -0.39 is 0 Å². The highest BCUT2D eigenvalue weighted by molar-refractivity contribution is 5.97. The molecule has 0 saturated heterocycles. The van der Waals surface area contributed by atoms with Crippen molar-refractivity contribution in [3.63, 3.8) is 0 Å². The number of nitrogens with zero attached hydrogens (tertiary/aromatic N) is 3. The Bertz CT molecular complexity index is 988. The van der Waals surface area contributed by atoms with Crippen LogP contribution < -0.4 is 5.32 Å². The van der Waals surface area contributed by atoms with Crippen molar-refractivity contribution in [1.82, 2.24) is 20.1 Å². The normalized spacial score (nSPS) is 13.6. The van der Waals surface area contributed by atoms with E-state index in [1.165, 1.54) is 12.8 Å². The molecule has 0 amide bonds. The Morgan fingerprint density at radius 2 is 2.07 bits per heavy atom. The van der Waals surface area contributed by atoms with E-state index in [2.05, 4.69) is 28.4 Å². The number of rotatable bonds is 8. The molecule has 0 atom stereocenters. The number of aromatic nitrogens is 3. The molecule has 3 aromatic rings. The molecule has 2 aromatic heterocycles. The maximum absolute atomic E-state index is 12.6. The molecule has 1 aromatic carbocycles. The molecule has 1 aliphatic carbocycles. The highest BCUT2D eigenvalue weighted by Crippen LogP contribution is 2.34. The lowest BCUT2D eigenvalue weighted by molar-refractivity contribution is 0.0978. The zero-order chi connectivity index (χ0) is 19.5. The zero-order valence-electron chi connectivity index (χ0n) is 16.5. The van der Waals surface area contributed by atoms with Gasteiger partial charge in [-0.2, -0.15) is 5.10 Å². The Morgan fingerprint density at radius 1 is 1.21 bits per heavy atom. The quantitative estimate of drug-likeness (QED) is 0.596. The van der Waals surface area contributed by atoms with Crippen molar-refractivity contribution < 1.29 is 4.79 Å². The van der Waals surface area contributed by atoms with Crippen molar-refractivity contribution >= 4 is 5.78 Å². The molecule has 5 nitrogen and oxygen atoms in total. The van der Waals surface area contributed by atoms with Gasteiger partial charge in [-0.05, 0) is 55.1 Å². The van der Waals surface area contributed by atoms with Gasteiger partial charge in [-0.3, -0.25) is 9.78 Å². The predicted octanol–water partition coefficient (Wildman–Crippen LogP) is 4.34. The van der Waals surface area contributed by atoms with Gasteiger partial charge in [-0.1, -0.05) is 25.0 Å². The van der Waals surface area contributed by atoms with Crippen LogP contribution in [-0.4, -0.2) is 27.6 Å². The van der Waals surface area contributed by atoms with Crippen LogP contribution in [0.3, 0.4) is 0 Å². The average Bonchev–Trinajstić information content (AvgIpc) is 3.41. The Morgan fingerprint density at radius 3 is 2.86 bits per heavy atom. The third kappa shape index (κ3) is 4.20. The highest BCUT2D eigenvalue weighted by atomic mass is 16.1. The summed E-state index contributed by atoms with van der Waals surface area (Å²) < 4.78 is 1.84. The molecule has 1 fully saturated rings. The second-order valence-corrected chi connectivity index (χ2v) is 7.69. The van der Waals surface area contributed by atoms with Gasteiger partial charge in [0.2, 0.25) is 0 Å². The summed E-state index contributed by atoms with van der Waals surface area (Å²) in [5, 5.41) is 7.66. The molecule has 2 heterocycles. The van der Waals surface area contributed by atoms with Gasteiger partial charge in [0.15, 0.2) is 5.78 Å². The maximum atomic E-state index is 12.6. The third-order valence-electron chi connectivity index (χ3n) is 5.36. The Hall–Kier alpha value is -2.79. The molecule has 4 rings (SSSR count). The largest absolute Gasteiger partial charge is 0.316 e. The molecule has 0 unspecified atom stereocenters. The molecule has 0 bridgehead atoms. The second kappa shape index (κ2) is 8.07. The van der Waals surface area contributed by atoms with Crippen LogP contribution in [0.25, 0.3) is 16.8 Å². The van der Waals surface area contributed by atoms with Gasteiger partial charge in [0.05, 0.1) is 18.1 Å². The fraction of sp³-hybridized carbons (Fsp3) is 0.348. The first kappa shape index (κ1) is 18.6. The van der Waals surface area contributed by atoms with Gasteiger partial charge in [-0.15, -0.1) is 0 Å². The monoisotopic (exact) mass is 374 g/mol.